The van der Waals surface area contributed by atoms with Crippen molar-refractivity contribution in [2.24, 2.45) is 17.8 Å². The number of ether oxygens (including phenoxy) is 1. The third-order valence-corrected chi connectivity index (χ3v) is 16.3. The number of non-ortho nitro benzene ring substituents is 1. The normalized spacial score (nSPS) is 21.7. The van der Waals surface area contributed by atoms with Gasteiger partial charge in [-0.1, -0.05) is 117 Å². The Morgan fingerprint density at radius 2 is 1.57 bits per heavy atom. The van der Waals surface area contributed by atoms with E-state index in [-0.39, 0.29) is 59.2 Å². The van der Waals surface area contributed by atoms with Gasteiger partial charge < -0.3 is 14.3 Å². The van der Waals surface area contributed by atoms with E-state index in [0.717, 1.165) is 37.6 Å². The van der Waals surface area contributed by atoms with Crippen LogP contribution in [-0.2, 0) is 18.8 Å². The number of fused-ring (bicyclic) bond motifs is 3. The van der Waals surface area contributed by atoms with Gasteiger partial charge >= 0.3 is 0 Å². The second-order valence-electron chi connectivity index (χ2n) is 15.7. The maximum absolute atomic E-state index is 14.3. The molecule has 4 aromatic rings. The number of nitro benzene ring substituents is 1. The van der Waals surface area contributed by atoms with Gasteiger partial charge in [-0.15, -0.1) is 0 Å². The quantitative estimate of drug-likeness (QED) is 0.0553. The Balaban J connectivity index is 1.28. The van der Waals surface area contributed by atoms with E-state index in [1.165, 1.54) is 18.2 Å². The van der Waals surface area contributed by atoms with Gasteiger partial charge in [-0.25, -0.2) is 4.90 Å². The number of benzene rings is 4. The molecule has 2 amide bonds. The van der Waals surface area contributed by atoms with Crippen molar-refractivity contribution in [3.8, 4) is 5.75 Å². The molecule has 0 unspecified atom stereocenters. The fraction of sp³-hybridized carbons (Fsp3) is 0.318. The summed E-state index contributed by atoms with van der Waals surface area (Å²) in [6.45, 7) is 9.28. The number of carbonyl (C=O) groups is 2. The van der Waals surface area contributed by atoms with E-state index < -0.39 is 25.1 Å². The van der Waals surface area contributed by atoms with Crippen LogP contribution < -0.4 is 15.3 Å². The second-order valence-corrected chi connectivity index (χ2v) is 20.0. The fourth-order valence-corrected chi connectivity index (χ4v) is 13.4. The second kappa shape index (κ2) is 14.9. The van der Waals surface area contributed by atoms with Gasteiger partial charge in [-0.3, -0.25) is 19.7 Å². The van der Waals surface area contributed by atoms with Crippen LogP contribution in [0.4, 0.5) is 11.4 Å². The average molecular weight is 743 g/mol. The predicted molar refractivity (Wildman–Crippen MR) is 212 cm³/mol. The van der Waals surface area contributed by atoms with E-state index in [9.17, 15) is 24.8 Å². The van der Waals surface area contributed by atoms with Crippen LogP contribution in [0.1, 0.15) is 52.5 Å². The lowest BCUT2D eigenvalue weighted by atomic mass is 9.69. The SMILES string of the molecule is C/C(=C\c1ccccc1O)CC[C@H]1OC[C@H]2C1=C(CO[Si](c1ccccc1)(c1ccccc1)C(C)(C)C)C[C@H]1C(=O)N(c3cccc([N+](=O)[O-])c3)C(=O)[C@H]12. The predicted octanol–water partition coefficient (Wildman–Crippen LogP) is 7.58. The third-order valence-electron chi connectivity index (χ3n) is 11.3. The molecule has 3 aliphatic rings. The van der Waals surface area contributed by atoms with E-state index in [1.54, 1.807) is 18.2 Å². The molecule has 278 valence electrons. The standard InChI is InChI=1S/C44H46N2O7Si/c1-29(24-30-14-11-12-21-38(30)47)22-23-39-40-31(27-53-54(44(2,3)4,34-17-7-5-8-18-34)35-19-9-6-10-20-35)25-36-41(37(40)28-52-39)43(49)45(42(36)48)32-15-13-16-33(26-32)46(50)51/h5-21,24,26,36-37,39,41,47H,22-23,25,27-28H2,1-4H3/b29-24+/t36-,37+,39-,41-/m1/s1. The zero-order valence-corrected chi connectivity index (χ0v) is 32.1. The van der Waals surface area contributed by atoms with E-state index in [2.05, 4.69) is 69.3 Å². The van der Waals surface area contributed by atoms with Gasteiger partial charge in [0, 0.05) is 23.6 Å². The number of aromatic hydroxyl groups is 1. The van der Waals surface area contributed by atoms with Gasteiger partial charge in [-0.05, 0) is 64.9 Å². The van der Waals surface area contributed by atoms with Gasteiger partial charge in [0.1, 0.15) is 5.75 Å². The highest BCUT2D eigenvalue weighted by atomic mass is 28.4. The summed E-state index contributed by atoms with van der Waals surface area (Å²) in [6, 6.07) is 33.8. The lowest BCUT2D eigenvalue weighted by molar-refractivity contribution is -0.384. The van der Waals surface area contributed by atoms with E-state index >= 15 is 0 Å². The fourth-order valence-electron chi connectivity index (χ4n) is 8.87. The lowest BCUT2D eigenvalue weighted by Crippen LogP contribution is -2.66. The number of nitrogens with zero attached hydrogens (tertiary/aromatic N) is 2. The molecule has 0 saturated carbocycles. The minimum Gasteiger partial charge on any atom is -0.507 e. The topological polar surface area (TPSA) is 119 Å². The number of nitro groups is 1. The number of carbonyl (C=O) groups excluding carboxylic acids is 2. The number of hydrogen-bond donors (Lipinski definition) is 1. The van der Waals surface area contributed by atoms with Crippen LogP contribution in [0.3, 0.4) is 0 Å². The van der Waals surface area contributed by atoms with Gasteiger partial charge in [0.2, 0.25) is 11.8 Å². The molecule has 0 radical (unpaired) electrons. The summed E-state index contributed by atoms with van der Waals surface area (Å²) in [7, 11) is -2.97. The first-order chi connectivity index (χ1) is 25.9. The Hall–Kier alpha value is -5.16. The van der Waals surface area contributed by atoms with Crippen LogP contribution >= 0.6 is 0 Å². The highest BCUT2D eigenvalue weighted by Gasteiger charge is 2.58. The first-order valence-corrected chi connectivity index (χ1v) is 20.5. The molecule has 4 aromatic carbocycles. The van der Waals surface area contributed by atoms with Crippen molar-refractivity contribution in [1.82, 2.24) is 0 Å². The number of phenolic OH excluding ortho intramolecular Hbond substituents is 1. The van der Waals surface area contributed by atoms with Gasteiger partial charge in [0.25, 0.3) is 14.0 Å². The summed E-state index contributed by atoms with van der Waals surface area (Å²) in [5, 5.41) is 24.0. The van der Waals surface area contributed by atoms with Crippen LogP contribution in [0.2, 0.25) is 5.04 Å². The summed E-state index contributed by atoms with van der Waals surface area (Å²) in [6.07, 6.45) is 3.36. The number of allylic oxidation sites excluding steroid dienone is 1. The van der Waals surface area contributed by atoms with E-state index in [0.29, 0.717) is 19.3 Å². The zero-order valence-electron chi connectivity index (χ0n) is 31.1. The number of rotatable bonds is 11. The van der Waals surface area contributed by atoms with Crippen molar-refractivity contribution in [1.29, 1.82) is 0 Å². The van der Waals surface area contributed by atoms with E-state index in [1.807, 2.05) is 37.3 Å². The minimum absolute atomic E-state index is 0.183. The number of imide groups is 1. The molecule has 1 aliphatic carbocycles. The molecule has 0 aromatic heterocycles. The Morgan fingerprint density at radius 1 is 0.926 bits per heavy atom. The summed E-state index contributed by atoms with van der Waals surface area (Å²) < 4.78 is 14.0. The minimum atomic E-state index is -2.97. The van der Waals surface area contributed by atoms with Gasteiger partial charge in [0.05, 0.1) is 41.8 Å². The molecule has 2 aliphatic heterocycles. The molecule has 4 atom stereocenters. The molecule has 9 nitrogen and oxygen atoms in total. The molecule has 2 saturated heterocycles. The van der Waals surface area contributed by atoms with Gasteiger partial charge in [-0.2, -0.15) is 0 Å². The van der Waals surface area contributed by atoms with Crippen LogP contribution in [0, 0.1) is 27.9 Å². The molecule has 0 bridgehead atoms. The number of amides is 2. The first-order valence-electron chi connectivity index (χ1n) is 18.6. The molecular formula is C44H46N2O7Si. The Bertz CT molecular complexity index is 2090. The number of phenols is 1. The molecule has 10 heteroatoms. The summed E-state index contributed by atoms with van der Waals surface area (Å²) in [5.41, 5.74) is 3.87. The number of para-hydroxylation sites is 1. The molecule has 54 heavy (non-hydrogen) atoms. The first kappa shape index (κ1) is 37.2. The average Bonchev–Trinajstić information content (AvgIpc) is 3.69. The molecule has 0 spiro atoms. The smallest absolute Gasteiger partial charge is 0.271 e. The van der Waals surface area contributed by atoms with Crippen molar-refractivity contribution in [2.45, 2.75) is 58.1 Å². The Morgan fingerprint density at radius 3 is 2.20 bits per heavy atom. The monoisotopic (exact) mass is 742 g/mol. The zero-order chi connectivity index (χ0) is 38.2. The largest absolute Gasteiger partial charge is 0.507 e. The summed E-state index contributed by atoms with van der Waals surface area (Å²) >= 11 is 0. The Kier molecular flexibility index (Phi) is 10.3. The lowest BCUT2D eigenvalue weighted by Gasteiger charge is -2.44. The molecule has 1 N–H and O–H groups in total. The Labute approximate surface area is 317 Å². The highest BCUT2D eigenvalue weighted by molar-refractivity contribution is 6.99. The van der Waals surface area contributed by atoms with Crippen molar-refractivity contribution in [3.05, 3.63) is 142 Å². The van der Waals surface area contributed by atoms with E-state index in [4.69, 9.17) is 9.16 Å². The molecule has 7 rings (SSSR count). The summed E-state index contributed by atoms with van der Waals surface area (Å²) in [5.74, 6) is -2.11. The van der Waals surface area contributed by atoms with Crippen molar-refractivity contribution >= 4 is 48.0 Å². The molecule has 2 fully saturated rings. The van der Waals surface area contributed by atoms with Crippen molar-refractivity contribution < 1.29 is 28.8 Å². The van der Waals surface area contributed by atoms with Crippen molar-refractivity contribution in [3.63, 3.8) is 0 Å². The van der Waals surface area contributed by atoms with Crippen molar-refractivity contribution in [2.75, 3.05) is 18.1 Å². The molecular weight excluding hydrogens is 697 g/mol. The van der Waals surface area contributed by atoms with Gasteiger partial charge in [0.15, 0.2) is 0 Å². The molecule has 2 heterocycles. The van der Waals surface area contributed by atoms with Crippen LogP contribution in [0.5, 0.6) is 5.75 Å². The number of hydrogen-bond acceptors (Lipinski definition) is 7. The van der Waals surface area contributed by atoms with Crippen LogP contribution in [-0.4, -0.2) is 49.5 Å². The van der Waals surface area contributed by atoms with Crippen LogP contribution in [0.25, 0.3) is 6.08 Å². The third kappa shape index (κ3) is 6.74. The maximum Gasteiger partial charge on any atom is 0.271 e. The highest BCUT2D eigenvalue weighted by Crippen LogP contribution is 2.51. The van der Waals surface area contributed by atoms with Crippen LogP contribution in [0.15, 0.2) is 126 Å². The maximum atomic E-state index is 14.3. The summed E-state index contributed by atoms with van der Waals surface area (Å²) in [4.78, 5) is 40.9. The number of anilines is 1.